The Morgan fingerprint density at radius 1 is 1.40 bits per heavy atom. The van der Waals surface area contributed by atoms with E-state index in [1.165, 1.54) is 18.6 Å². The van der Waals surface area contributed by atoms with Crippen LogP contribution in [0.2, 0.25) is 0 Å². The number of unbranched alkanes of at least 4 members (excludes halogenated alkanes) is 3. The lowest BCUT2D eigenvalue weighted by Crippen LogP contribution is -1.81. The van der Waals surface area contributed by atoms with E-state index in [0.29, 0.717) is 0 Å². The van der Waals surface area contributed by atoms with Crippen molar-refractivity contribution in [2.75, 3.05) is 12.0 Å². The Hall–Kier alpha value is -0.180. The van der Waals surface area contributed by atoms with Crippen LogP contribution in [0.1, 0.15) is 25.7 Å². The van der Waals surface area contributed by atoms with Crippen LogP contribution in [0.4, 0.5) is 0 Å². The molecule has 0 atom stereocenters. The molecule has 0 unspecified atom stereocenters. The summed E-state index contributed by atoms with van der Waals surface area (Å²) < 4.78 is 0. The Kier molecular flexibility index (Phi) is 8.66. The molecule has 0 aromatic heterocycles. The largest absolute Gasteiger partial charge is 0.411 e. The molecule has 3 heteroatoms. The first-order chi connectivity index (χ1) is 4.91. The van der Waals surface area contributed by atoms with Gasteiger partial charge in [0.25, 0.3) is 0 Å². The Morgan fingerprint density at radius 2 is 2.20 bits per heavy atom. The lowest BCUT2D eigenvalue weighted by molar-refractivity contribution is 0.320. The minimum absolute atomic E-state index is 0.908. The van der Waals surface area contributed by atoms with Crippen molar-refractivity contribution in [3.8, 4) is 0 Å². The summed E-state index contributed by atoms with van der Waals surface area (Å²) in [6.45, 7) is 0. The molecule has 0 saturated heterocycles. The molecule has 0 fully saturated rings. The lowest BCUT2D eigenvalue weighted by atomic mass is 10.2. The third kappa shape index (κ3) is 7.82. The Morgan fingerprint density at radius 3 is 2.80 bits per heavy atom. The topological polar surface area (TPSA) is 32.6 Å². The third-order valence-electron chi connectivity index (χ3n) is 1.26. The van der Waals surface area contributed by atoms with Crippen LogP contribution in [0.15, 0.2) is 5.16 Å². The minimum Gasteiger partial charge on any atom is -0.411 e. The zero-order chi connectivity index (χ0) is 7.66. The molecule has 2 nitrogen and oxygen atoms in total. The third-order valence-corrected chi connectivity index (χ3v) is 1.96. The molecule has 0 amide bonds. The summed E-state index contributed by atoms with van der Waals surface area (Å²) in [4.78, 5) is 0. The first-order valence-electron chi connectivity index (χ1n) is 3.56. The summed E-state index contributed by atoms with van der Waals surface area (Å²) in [6, 6.07) is 0. The highest BCUT2D eigenvalue weighted by Crippen LogP contribution is 2.03. The summed E-state index contributed by atoms with van der Waals surface area (Å²) in [5.74, 6) is 1.25. The fourth-order valence-electron chi connectivity index (χ4n) is 0.717. The molecule has 0 aliphatic rings. The average Bonchev–Trinajstić information content (AvgIpc) is 1.97. The average molecular weight is 161 g/mol. The second-order valence-corrected chi connectivity index (χ2v) is 3.13. The molecule has 0 aliphatic heterocycles. The van der Waals surface area contributed by atoms with Crippen LogP contribution in [0.3, 0.4) is 0 Å². The lowest BCUT2D eigenvalue weighted by Gasteiger charge is -1.94. The highest BCUT2D eigenvalue weighted by molar-refractivity contribution is 7.98. The van der Waals surface area contributed by atoms with Crippen molar-refractivity contribution in [2.45, 2.75) is 25.7 Å². The van der Waals surface area contributed by atoms with Gasteiger partial charge in [-0.2, -0.15) is 11.8 Å². The fourth-order valence-corrected chi connectivity index (χ4v) is 1.21. The van der Waals surface area contributed by atoms with Crippen molar-refractivity contribution >= 4 is 18.0 Å². The van der Waals surface area contributed by atoms with Gasteiger partial charge in [-0.15, -0.1) is 5.16 Å². The zero-order valence-corrected chi connectivity index (χ0v) is 7.23. The molecule has 60 valence electrons. The van der Waals surface area contributed by atoms with Crippen molar-refractivity contribution in [1.29, 1.82) is 0 Å². The molecule has 0 aromatic carbocycles. The molecular weight excluding hydrogens is 146 g/mol. The first kappa shape index (κ1) is 9.82. The monoisotopic (exact) mass is 161 g/mol. The number of thioether (sulfide) groups is 1. The molecule has 0 spiro atoms. The normalized spacial score (nSPS) is 10.9. The van der Waals surface area contributed by atoms with Gasteiger partial charge in [0.1, 0.15) is 0 Å². The van der Waals surface area contributed by atoms with Gasteiger partial charge in [-0.25, -0.2) is 0 Å². The maximum atomic E-state index is 8.03. The predicted octanol–water partition coefficient (Wildman–Crippen LogP) is 2.37. The maximum Gasteiger partial charge on any atom is 0.0435 e. The zero-order valence-electron chi connectivity index (χ0n) is 6.42. The molecule has 0 heterocycles. The summed E-state index contributed by atoms with van der Waals surface area (Å²) in [6.07, 6.45) is 8.25. The van der Waals surface area contributed by atoms with Crippen LogP contribution in [-0.4, -0.2) is 23.4 Å². The Bertz CT molecular complexity index is 85.7. The molecule has 0 radical (unpaired) electrons. The predicted molar refractivity (Wildman–Crippen MR) is 47.1 cm³/mol. The van der Waals surface area contributed by atoms with Crippen LogP contribution in [0, 0.1) is 0 Å². The number of hydrogen-bond donors (Lipinski definition) is 1. The van der Waals surface area contributed by atoms with Gasteiger partial charge in [-0.05, 0) is 31.3 Å². The Labute approximate surface area is 66.7 Å². The van der Waals surface area contributed by atoms with Crippen molar-refractivity contribution in [1.82, 2.24) is 0 Å². The van der Waals surface area contributed by atoms with Crippen LogP contribution in [0.25, 0.3) is 0 Å². The summed E-state index contributed by atoms with van der Waals surface area (Å²) >= 11 is 1.88. The van der Waals surface area contributed by atoms with E-state index in [9.17, 15) is 0 Å². The molecule has 0 aromatic rings. The van der Waals surface area contributed by atoms with Crippen LogP contribution in [-0.2, 0) is 0 Å². The van der Waals surface area contributed by atoms with E-state index >= 15 is 0 Å². The minimum atomic E-state index is 0.908. The van der Waals surface area contributed by atoms with Gasteiger partial charge >= 0.3 is 0 Å². The standard InChI is InChI=1S/C7H15NOS/c1-10-7-5-3-2-4-6-8-9/h6,9H,2-5,7H2,1H3. The molecule has 0 saturated carbocycles. The molecule has 10 heavy (non-hydrogen) atoms. The van der Waals surface area contributed by atoms with Crippen molar-refractivity contribution in [2.24, 2.45) is 5.16 Å². The van der Waals surface area contributed by atoms with Gasteiger partial charge in [0.15, 0.2) is 0 Å². The second-order valence-electron chi connectivity index (χ2n) is 2.14. The van der Waals surface area contributed by atoms with Gasteiger partial charge in [-0.1, -0.05) is 6.42 Å². The number of nitrogens with zero attached hydrogens (tertiary/aromatic N) is 1. The van der Waals surface area contributed by atoms with E-state index < -0.39 is 0 Å². The highest BCUT2D eigenvalue weighted by Gasteiger charge is 1.86. The van der Waals surface area contributed by atoms with Crippen molar-refractivity contribution in [3.05, 3.63) is 0 Å². The van der Waals surface area contributed by atoms with E-state index in [2.05, 4.69) is 11.4 Å². The van der Waals surface area contributed by atoms with Gasteiger partial charge < -0.3 is 5.21 Å². The van der Waals surface area contributed by atoms with Gasteiger partial charge in [-0.3, -0.25) is 0 Å². The summed E-state index contributed by atoms with van der Waals surface area (Å²) in [5.41, 5.74) is 0. The number of oxime groups is 1. The Balaban J connectivity index is 2.77. The number of rotatable bonds is 6. The van der Waals surface area contributed by atoms with Crippen LogP contribution in [0.5, 0.6) is 0 Å². The molecule has 1 N–H and O–H groups in total. The highest BCUT2D eigenvalue weighted by atomic mass is 32.2. The maximum absolute atomic E-state index is 8.03. The molecular formula is C7H15NOS. The summed E-state index contributed by atoms with van der Waals surface area (Å²) in [5, 5.41) is 11.0. The van der Waals surface area contributed by atoms with E-state index in [1.54, 1.807) is 6.21 Å². The van der Waals surface area contributed by atoms with Gasteiger partial charge in [0.2, 0.25) is 0 Å². The molecule has 0 aliphatic carbocycles. The van der Waals surface area contributed by atoms with E-state index in [-0.39, 0.29) is 0 Å². The molecule has 0 bridgehead atoms. The van der Waals surface area contributed by atoms with E-state index in [4.69, 9.17) is 5.21 Å². The smallest absolute Gasteiger partial charge is 0.0435 e. The first-order valence-corrected chi connectivity index (χ1v) is 4.96. The second kappa shape index (κ2) is 8.82. The SMILES string of the molecule is CSCCCCCC=NO. The fraction of sp³-hybridized carbons (Fsp3) is 0.857. The van der Waals surface area contributed by atoms with E-state index in [1.807, 2.05) is 11.8 Å². The quantitative estimate of drug-likeness (QED) is 0.281. The van der Waals surface area contributed by atoms with Crippen molar-refractivity contribution in [3.63, 3.8) is 0 Å². The summed E-state index contributed by atoms with van der Waals surface area (Å²) in [7, 11) is 0. The van der Waals surface area contributed by atoms with Gasteiger partial charge in [0, 0.05) is 6.21 Å². The van der Waals surface area contributed by atoms with Crippen LogP contribution < -0.4 is 0 Å². The van der Waals surface area contributed by atoms with E-state index in [0.717, 1.165) is 12.8 Å². The molecule has 0 rings (SSSR count). The number of hydrogen-bond acceptors (Lipinski definition) is 3. The van der Waals surface area contributed by atoms with Crippen LogP contribution >= 0.6 is 11.8 Å². The van der Waals surface area contributed by atoms with Crippen molar-refractivity contribution < 1.29 is 5.21 Å². The van der Waals surface area contributed by atoms with Gasteiger partial charge in [0.05, 0.1) is 0 Å².